The van der Waals surface area contributed by atoms with Crippen molar-refractivity contribution >= 4 is 12.4 Å². The van der Waals surface area contributed by atoms with Crippen molar-refractivity contribution in [3.8, 4) is 11.5 Å². The van der Waals surface area contributed by atoms with Gasteiger partial charge in [-0.2, -0.15) is 25.3 Å². The molecule has 6 heteroatoms. The molecule has 0 unspecified atom stereocenters. The molecular weight excluding hydrogens is 583 g/mol. The van der Waals surface area contributed by atoms with Gasteiger partial charge in [0.15, 0.2) is 0 Å². The van der Waals surface area contributed by atoms with E-state index in [-0.39, 0.29) is 62.6 Å². The minimum Gasteiger partial charge on any atom is -1.00 e. The smallest absolute Gasteiger partial charge is 0.124 e. The molecule has 2 aromatic carbocycles. The predicted molar refractivity (Wildman–Crippen MR) is 175 cm³/mol. The van der Waals surface area contributed by atoms with Gasteiger partial charge in [-0.05, 0) is 56.0 Å². The molecule has 0 saturated heterocycles. The number of aromatic hydroxyl groups is 2. The number of rotatable bonds is 2. The average molecular weight is 638 g/mol. The van der Waals surface area contributed by atoms with Gasteiger partial charge >= 0.3 is 0 Å². The summed E-state index contributed by atoms with van der Waals surface area (Å²) in [5.74, 6) is 0.348. The number of hydrogen-bond acceptors (Lipinski definition) is 2. The zero-order valence-corrected chi connectivity index (χ0v) is 30.1. The molecule has 1 fully saturated rings. The van der Waals surface area contributed by atoms with Crippen molar-refractivity contribution in [1.82, 2.24) is 0 Å². The summed E-state index contributed by atoms with van der Waals surface area (Å²) in [6.07, 6.45) is 11.4. The van der Waals surface area contributed by atoms with Crippen LogP contribution in [0.4, 0.5) is 0 Å². The van der Waals surface area contributed by atoms with Crippen LogP contribution in [0.3, 0.4) is 0 Å². The Morgan fingerprint density at radius 3 is 1.05 bits per heavy atom. The van der Waals surface area contributed by atoms with Crippen LogP contribution in [0.15, 0.2) is 24.3 Å². The fourth-order valence-corrected chi connectivity index (χ4v) is 4.42. The Bertz CT molecular complexity index is 1050. The van der Waals surface area contributed by atoms with Gasteiger partial charge in [-0.15, -0.1) is 0 Å². The first kappa shape index (κ1) is 42.3. The molecule has 0 atom stereocenters. The van der Waals surface area contributed by atoms with Crippen molar-refractivity contribution in [1.29, 1.82) is 0 Å². The summed E-state index contributed by atoms with van der Waals surface area (Å²) in [5, 5.41) is 38.7. The van der Waals surface area contributed by atoms with Crippen molar-refractivity contribution in [2.75, 3.05) is 0 Å². The van der Waals surface area contributed by atoms with Gasteiger partial charge in [-0.3, -0.25) is 0 Å². The van der Waals surface area contributed by atoms with Crippen LogP contribution in [0.1, 0.15) is 149 Å². The standard InChI is InChI=1S/2C15H22NO.C6H11.ClH.Mn/c2*1-14(2,3)11-7-10(9-16)13(17)12(8-11)15(4,5)6;1-2-4-6-5-3-1;;/h2*7-9,17H,1-6H3;1H,2-6H2;1H;/q3*-1;;/p-1. The Morgan fingerprint density at radius 1 is 0.571 bits per heavy atom. The van der Waals surface area contributed by atoms with Gasteiger partial charge in [0, 0.05) is 28.2 Å². The molecular formula is C36H55ClMnN2O2-4. The van der Waals surface area contributed by atoms with Crippen LogP contribution >= 0.6 is 0 Å². The molecule has 1 aliphatic carbocycles. The molecule has 3 rings (SSSR count). The fraction of sp³-hybridized carbons (Fsp3) is 0.583. The van der Waals surface area contributed by atoms with E-state index in [0.717, 1.165) is 34.7 Å². The molecule has 42 heavy (non-hydrogen) atoms. The Hall–Kier alpha value is -1.81. The van der Waals surface area contributed by atoms with Gasteiger partial charge in [0.2, 0.25) is 0 Å². The quantitative estimate of drug-likeness (QED) is 0.209. The maximum atomic E-state index is 10.1. The largest absolute Gasteiger partial charge is 1.00 e. The van der Waals surface area contributed by atoms with Crippen molar-refractivity contribution in [2.45, 2.75) is 137 Å². The van der Waals surface area contributed by atoms with E-state index in [4.69, 9.17) is 0 Å². The zero-order valence-electron chi connectivity index (χ0n) is 28.1. The second kappa shape index (κ2) is 16.9. The number of phenols is 2. The average Bonchev–Trinajstić information content (AvgIpc) is 2.83. The van der Waals surface area contributed by atoms with E-state index in [1.165, 1.54) is 32.1 Å². The van der Waals surface area contributed by atoms with Crippen LogP contribution in [0.5, 0.6) is 11.5 Å². The normalized spacial score (nSPS) is 13.6. The second-order valence-electron chi connectivity index (χ2n) is 15.1. The summed E-state index contributed by atoms with van der Waals surface area (Å²) < 4.78 is 0. The third-order valence-electron chi connectivity index (χ3n) is 7.22. The molecule has 0 heterocycles. The van der Waals surface area contributed by atoms with Crippen molar-refractivity contribution in [2.24, 2.45) is 0 Å². The molecule has 1 aliphatic rings. The third kappa shape index (κ3) is 12.8. The van der Waals surface area contributed by atoms with Gasteiger partial charge < -0.3 is 39.9 Å². The van der Waals surface area contributed by atoms with Crippen LogP contribution in [-0.2, 0) is 38.7 Å². The molecule has 0 amide bonds. The molecule has 2 N–H and O–H groups in total. The van der Waals surface area contributed by atoms with Gasteiger partial charge in [0.05, 0.1) is 0 Å². The van der Waals surface area contributed by atoms with Crippen LogP contribution in [0.2, 0.25) is 0 Å². The van der Waals surface area contributed by atoms with E-state index in [2.05, 4.69) is 89.5 Å². The van der Waals surface area contributed by atoms with Crippen LogP contribution < -0.4 is 12.4 Å². The molecule has 2 aromatic rings. The molecule has 0 aliphatic heterocycles. The Balaban J connectivity index is 0. The van der Waals surface area contributed by atoms with E-state index in [1.54, 1.807) is 0 Å². The number of nitrogens with zero attached hydrogens (tertiary/aromatic N) is 2. The zero-order chi connectivity index (χ0) is 31.1. The molecule has 0 aromatic heterocycles. The number of hydrogen-bond donors (Lipinski definition) is 2. The second-order valence-corrected chi connectivity index (χ2v) is 15.1. The summed E-state index contributed by atoms with van der Waals surface area (Å²) in [5.41, 5.74) is 4.62. The van der Waals surface area contributed by atoms with Crippen molar-refractivity contribution < 1.29 is 39.7 Å². The maximum Gasteiger partial charge on any atom is 0.124 e. The summed E-state index contributed by atoms with van der Waals surface area (Å²) in [7, 11) is 0. The summed E-state index contributed by atoms with van der Waals surface area (Å²) >= 11 is 0. The van der Waals surface area contributed by atoms with E-state index in [1.807, 2.05) is 24.3 Å². The van der Waals surface area contributed by atoms with Crippen molar-refractivity contribution in [3.63, 3.8) is 0 Å². The first-order valence-electron chi connectivity index (χ1n) is 14.7. The summed E-state index contributed by atoms with van der Waals surface area (Å²) in [4.78, 5) is 0. The fourth-order valence-electron chi connectivity index (χ4n) is 4.42. The van der Waals surface area contributed by atoms with Gasteiger partial charge in [0.25, 0.3) is 0 Å². The number of phenolic OH excluding ortho intramolecular Hbond substituents is 2. The molecule has 239 valence electrons. The Kier molecular flexibility index (Phi) is 17.0. The molecule has 1 saturated carbocycles. The third-order valence-corrected chi connectivity index (χ3v) is 7.22. The SMILES string of the molecule is CC(C)(C)c1cc(C=[N-])c(O)c(C(C)(C)C)c1.CC(C)(C)c1cc(C=[N-])c(O)c(C(C)(C)C)c1.[CH-]1CCCCC1.[Cl-].[Mn]. The number of halogens is 1. The molecule has 1 radical (unpaired) electrons. The maximum absolute atomic E-state index is 10.1. The van der Waals surface area contributed by atoms with E-state index < -0.39 is 0 Å². The molecule has 0 bridgehead atoms. The Morgan fingerprint density at radius 2 is 0.881 bits per heavy atom. The monoisotopic (exact) mass is 637 g/mol. The molecule has 0 spiro atoms. The number of benzene rings is 2. The van der Waals surface area contributed by atoms with Gasteiger partial charge in [-0.1, -0.05) is 114 Å². The molecule has 4 nitrogen and oxygen atoms in total. The van der Waals surface area contributed by atoms with Crippen LogP contribution in [0.25, 0.3) is 10.8 Å². The van der Waals surface area contributed by atoms with Gasteiger partial charge in [0.1, 0.15) is 11.5 Å². The summed E-state index contributed by atoms with van der Waals surface area (Å²) in [6.45, 7) is 25.0. The van der Waals surface area contributed by atoms with E-state index in [9.17, 15) is 21.0 Å². The first-order chi connectivity index (χ1) is 18.1. The minimum absolute atomic E-state index is 0. The van der Waals surface area contributed by atoms with Crippen molar-refractivity contribution in [3.05, 3.63) is 74.9 Å². The van der Waals surface area contributed by atoms with E-state index in [0.29, 0.717) is 11.1 Å². The van der Waals surface area contributed by atoms with Crippen LogP contribution in [-0.4, -0.2) is 22.6 Å². The summed E-state index contributed by atoms with van der Waals surface area (Å²) in [6, 6.07) is 7.74. The first-order valence-corrected chi connectivity index (χ1v) is 14.7. The van der Waals surface area contributed by atoms with Crippen LogP contribution in [0, 0.1) is 6.42 Å². The minimum atomic E-state index is -0.150. The Labute approximate surface area is 274 Å². The topological polar surface area (TPSA) is 85.1 Å². The predicted octanol–water partition coefficient (Wildman–Crippen LogP) is 7.11. The van der Waals surface area contributed by atoms with Gasteiger partial charge in [-0.25, -0.2) is 0 Å². The van der Waals surface area contributed by atoms with E-state index >= 15 is 0 Å².